The van der Waals surface area contributed by atoms with Crippen LogP contribution < -0.4 is 4.74 Å². The molecule has 144 valence electrons. The molecule has 2 aliphatic rings. The fraction of sp³-hybridized carbons (Fsp3) is 0.478. The first kappa shape index (κ1) is 19.1. The Bertz CT molecular complexity index is 756. The van der Waals surface area contributed by atoms with E-state index in [0.717, 1.165) is 24.5 Å². The summed E-state index contributed by atoms with van der Waals surface area (Å²) in [5, 5.41) is 0. The number of nitrogens with zero attached hydrogens (tertiary/aromatic N) is 1. The Labute approximate surface area is 172 Å². The second-order valence-electron chi connectivity index (χ2n) is 7.94. The Hall–Kier alpha value is -1.22. The average molecular weight is 404 g/mol. The Kier molecular flexibility index (Phi) is 5.42. The molecular formula is C23H27Cl2NO. The van der Waals surface area contributed by atoms with E-state index in [0.29, 0.717) is 0 Å². The monoisotopic (exact) mass is 403 g/mol. The summed E-state index contributed by atoms with van der Waals surface area (Å²) in [6.45, 7) is 6.29. The summed E-state index contributed by atoms with van der Waals surface area (Å²) in [6.07, 6.45) is 3.99. The van der Waals surface area contributed by atoms with Gasteiger partial charge in [0.1, 0.15) is 16.7 Å². The topological polar surface area (TPSA) is 12.5 Å². The lowest BCUT2D eigenvalue weighted by Gasteiger charge is -2.26. The van der Waals surface area contributed by atoms with Gasteiger partial charge in [0.15, 0.2) is 0 Å². The molecule has 27 heavy (non-hydrogen) atoms. The molecule has 2 unspecified atom stereocenters. The SMILES string of the molecule is CC1(c2ccc(OCCN3CCCCC3)cc2)C(c2ccccc2)C1(Cl)Cl. The molecule has 2 atom stereocenters. The highest BCUT2D eigenvalue weighted by Gasteiger charge is 2.74. The molecule has 2 aromatic rings. The van der Waals surface area contributed by atoms with E-state index in [1.54, 1.807) is 0 Å². The van der Waals surface area contributed by atoms with E-state index in [1.165, 1.54) is 37.9 Å². The van der Waals surface area contributed by atoms with Crippen LogP contribution >= 0.6 is 23.2 Å². The van der Waals surface area contributed by atoms with Gasteiger partial charge in [0, 0.05) is 17.9 Å². The Morgan fingerprint density at radius 2 is 1.63 bits per heavy atom. The van der Waals surface area contributed by atoms with Crippen molar-refractivity contribution in [3.63, 3.8) is 0 Å². The van der Waals surface area contributed by atoms with E-state index >= 15 is 0 Å². The number of rotatable bonds is 6. The third-order valence-electron chi connectivity index (χ3n) is 6.26. The average Bonchev–Trinajstić information content (AvgIpc) is 3.17. The summed E-state index contributed by atoms with van der Waals surface area (Å²) in [6, 6.07) is 18.6. The van der Waals surface area contributed by atoms with Crippen molar-refractivity contribution in [2.45, 2.75) is 41.9 Å². The van der Waals surface area contributed by atoms with Crippen LogP contribution in [0.3, 0.4) is 0 Å². The molecule has 1 saturated heterocycles. The van der Waals surface area contributed by atoms with Gasteiger partial charge in [-0.15, -0.1) is 0 Å². The van der Waals surface area contributed by atoms with Crippen molar-refractivity contribution in [2.75, 3.05) is 26.2 Å². The minimum Gasteiger partial charge on any atom is -0.492 e. The molecule has 2 aromatic carbocycles. The van der Waals surface area contributed by atoms with E-state index in [9.17, 15) is 0 Å². The molecule has 2 fully saturated rings. The van der Waals surface area contributed by atoms with Crippen LogP contribution in [0.15, 0.2) is 54.6 Å². The van der Waals surface area contributed by atoms with Crippen LogP contribution in [-0.4, -0.2) is 35.5 Å². The van der Waals surface area contributed by atoms with Gasteiger partial charge in [0.05, 0.1) is 0 Å². The molecular weight excluding hydrogens is 377 g/mol. The molecule has 4 rings (SSSR count). The Morgan fingerprint density at radius 3 is 2.30 bits per heavy atom. The highest BCUT2D eigenvalue weighted by molar-refractivity contribution is 6.53. The van der Waals surface area contributed by atoms with Gasteiger partial charge >= 0.3 is 0 Å². The third kappa shape index (κ3) is 3.60. The van der Waals surface area contributed by atoms with Crippen molar-refractivity contribution in [3.8, 4) is 5.75 Å². The normalized spacial score (nSPS) is 27.3. The van der Waals surface area contributed by atoms with Crippen molar-refractivity contribution < 1.29 is 4.74 Å². The number of hydrogen-bond acceptors (Lipinski definition) is 2. The minimum atomic E-state index is -0.787. The van der Waals surface area contributed by atoms with Gasteiger partial charge in [0.2, 0.25) is 0 Å². The van der Waals surface area contributed by atoms with E-state index in [-0.39, 0.29) is 11.3 Å². The summed E-state index contributed by atoms with van der Waals surface area (Å²) >= 11 is 13.4. The lowest BCUT2D eigenvalue weighted by molar-refractivity contribution is 0.183. The van der Waals surface area contributed by atoms with Crippen LogP contribution in [0.5, 0.6) is 5.75 Å². The van der Waals surface area contributed by atoms with Gasteiger partial charge in [-0.2, -0.15) is 0 Å². The molecule has 1 aliphatic carbocycles. The van der Waals surface area contributed by atoms with E-state index < -0.39 is 4.33 Å². The lowest BCUT2D eigenvalue weighted by atomic mass is 9.93. The first-order chi connectivity index (χ1) is 13.0. The zero-order valence-corrected chi connectivity index (χ0v) is 17.3. The maximum absolute atomic E-state index is 6.72. The Balaban J connectivity index is 1.40. The zero-order chi connectivity index (χ0) is 18.9. The van der Waals surface area contributed by atoms with Crippen molar-refractivity contribution in [1.82, 2.24) is 4.90 Å². The smallest absolute Gasteiger partial charge is 0.136 e. The summed E-state index contributed by atoms with van der Waals surface area (Å²) in [5.74, 6) is 1.01. The number of likely N-dealkylation sites (tertiary alicyclic amines) is 1. The highest BCUT2D eigenvalue weighted by Crippen LogP contribution is 2.74. The van der Waals surface area contributed by atoms with Crippen molar-refractivity contribution in [1.29, 1.82) is 0 Å². The number of hydrogen-bond donors (Lipinski definition) is 0. The van der Waals surface area contributed by atoms with Crippen LogP contribution in [0.4, 0.5) is 0 Å². The van der Waals surface area contributed by atoms with E-state index in [4.69, 9.17) is 27.9 Å². The van der Waals surface area contributed by atoms with Crippen LogP contribution in [0.25, 0.3) is 0 Å². The molecule has 0 N–H and O–H groups in total. The van der Waals surface area contributed by atoms with Crippen LogP contribution in [0.1, 0.15) is 43.2 Å². The predicted octanol–water partition coefficient (Wildman–Crippen LogP) is 5.78. The van der Waals surface area contributed by atoms with E-state index in [1.807, 2.05) is 30.3 Å². The molecule has 0 spiro atoms. The molecule has 1 saturated carbocycles. The largest absolute Gasteiger partial charge is 0.492 e. The predicted molar refractivity (Wildman–Crippen MR) is 113 cm³/mol. The minimum absolute atomic E-state index is 0.0976. The van der Waals surface area contributed by atoms with Gasteiger partial charge in [-0.3, -0.25) is 4.90 Å². The molecule has 0 bridgehead atoms. The van der Waals surface area contributed by atoms with Gasteiger partial charge in [-0.05, 0) is 49.2 Å². The molecule has 2 nitrogen and oxygen atoms in total. The number of ether oxygens (including phenoxy) is 1. The van der Waals surface area contributed by atoms with E-state index in [2.05, 4.69) is 36.1 Å². The molecule has 0 radical (unpaired) electrons. The first-order valence-corrected chi connectivity index (χ1v) is 10.7. The summed E-state index contributed by atoms with van der Waals surface area (Å²) in [4.78, 5) is 2.49. The van der Waals surface area contributed by atoms with Crippen molar-refractivity contribution in [2.24, 2.45) is 0 Å². The van der Waals surface area contributed by atoms with Crippen LogP contribution in [-0.2, 0) is 5.41 Å². The lowest BCUT2D eigenvalue weighted by Crippen LogP contribution is -2.33. The fourth-order valence-electron chi connectivity index (χ4n) is 4.45. The van der Waals surface area contributed by atoms with Crippen LogP contribution in [0, 0.1) is 0 Å². The maximum Gasteiger partial charge on any atom is 0.136 e. The molecule has 4 heteroatoms. The first-order valence-electron chi connectivity index (χ1n) is 9.92. The number of benzene rings is 2. The fourth-order valence-corrected chi connectivity index (χ4v) is 5.47. The van der Waals surface area contributed by atoms with Crippen LogP contribution in [0.2, 0.25) is 0 Å². The van der Waals surface area contributed by atoms with Gasteiger partial charge in [-0.1, -0.05) is 79.0 Å². The third-order valence-corrected chi connectivity index (χ3v) is 7.48. The van der Waals surface area contributed by atoms with Gasteiger partial charge in [0.25, 0.3) is 0 Å². The van der Waals surface area contributed by atoms with Gasteiger partial charge in [-0.25, -0.2) is 0 Å². The molecule has 1 heterocycles. The maximum atomic E-state index is 6.72. The quantitative estimate of drug-likeness (QED) is 0.566. The summed E-state index contributed by atoms with van der Waals surface area (Å²) < 4.78 is 5.17. The highest BCUT2D eigenvalue weighted by atomic mass is 35.5. The van der Waals surface area contributed by atoms with Crippen molar-refractivity contribution >= 4 is 23.2 Å². The Morgan fingerprint density at radius 1 is 0.963 bits per heavy atom. The second kappa shape index (κ2) is 7.66. The molecule has 1 aliphatic heterocycles. The molecule has 0 amide bonds. The number of alkyl halides is 2. The number of halogens is 2. The van der Waals surface area contributed by atoms with Crippen molar-refractivity contribution in [3.05, 3.63) is 65.7 Å². The number of piperidine rings is 1. The standard InChI is InChI=1S/C23H27Cl2NO/c1-22(21(23(22,24)25)18-8-4-2-5-9-18)19-10-12-20(13-11-19)27-17-16-26-14-6-3-7-15-26/h2,4-5,8-13,21H,3,6-7,14-17H2,1H3. The zero-order valence-electron chi connectivity index (χ0n) is 15.8. The molecule has 0 aromatic heterocycles. The summed E-state index contributed by atoms with van der Waals surface area (Å²) in [7, 11) is 0. The van der Waals surface area contributed by atoms with Gasteiger partial charge < -0.3 is 4.74 Å². The summed E-state index contributed by atoms with van der Waals surface area (Å²) in [5.41, 5.74) is 2.06. The second-order valence-corrected chi connectivity index (χ2v) is 9.33.